The summed E-state index contributed by atoms with van der Waals surface area (Å²) in [5.41, 5.74) is 7.75. The average molecular weight is 198 g/mol. The molecule has 0 saturated carbocycles. The fourth-order valence-corrected chi connectivity index (χ4v) is 1.73. The molecular formula is C11H10N4. The molecule has 2 N–H and O–H groups in total. The molecule has 74 valence electrons. The maximum atomic E-state index is 5.57. The average Bonchev–Trinajstić information content (AvgIpc) is 2.76. The van der Waals surface area contributed by atoms with Crippen LogP contribution in [-0.4, -0.2) is 15.5 Å². The van der Waals surface area contributed by atoms with Crippen molar-refractivity contribution in [3.05, 3.63) is 42.0 Å². The highest BCUT2D eigenvalue weighted by molar-refractivity contribution is 6.03. The predicted octanol–water partition coefficient (Wildman–Crippen LogP) is 1.60. The second kappa shape index (κ2) is 2.95. The van der Waals surface area contributed by atoms with Gasteiger partial charge >= 0.3 is 0 Å². The number of nitrogen functional groups attached to an aromatic ring is 1. The summed E-state index contributed by atoms with van der Waals surface area (Å²) in [5.74, 6) is 1.37. The van der Waals surface area contributed by atoms with Gasteiger partial charge < -0.3 is 5.73 Å². The smallest absolute Gasteiger partial charge is 0.153 e. The van der Waals surface area contributed by atoms with E-state index in [1.807, 2.05) is 22.9 Å². The Morgan fingerprint density at radius 1 is 1.20 bits per heavy atom. The van der Waals surface area contributed by atoms with Crippen molar-refractivity contribution in [1.82, 2.24) is 9.78 Å². The lowest BCUT2D eigenvalue weighted by Crippen LogP contribution is -2.06. The molecule has 0 spiro atoms. The van der Waals surface area contributed by atoms with Gasteiger partial charge in [0.2, 0.25) is 0 Å². The van der Waals surface area contributed by atoms with E-state index in [0.717, 1.165) is 17.1 Å². The first kappa shape index (κ1) is 8.23. The third kappa shape index (κ3) is 1.30. The molecule has 1 aliphatic rings. The molecular weight excluding hydrogens is 188 g/mol. The minimum atomic E-state index is 0.529. The fraction of sp³-hybridized carbons (Fsp3) is 0.0909. The molecule has 1 aliphatic heterocycles. The number of rotatable bonds is 1. The van der Waals surface area contributed by atoms with Gasteiger partial charge in [-0.1, -0.05) is 30.3 Å². The van der Waals surface area contributed by atoms with E-state index in [0.29, 0.717) is 12.4 Å². The lowest BCUT2D eigenvalue weighted by Gasteiger charge is -1.99. The number of hydrogen-bond acceptors (Lipinski definition) is 3. The van der Waals surface area contributed by atoms with Gasteiger partial charge in [0, 0.05) is 6.07 Å². The first-order valence-corrected chi connectivity index (χ1v) is 4.79. The van der Waals surface area contributed by atoms with Crippen molar-refractivity contribution >= 4 is 17.3 Å². The Labute approximate surface area is 87.1 Å². The van der Waals surface area contributed by atoms with Crippen molar-refractivity contribution in [1.29, 1.82) is 0 Å². The number of nitrogens with zero attached hydrogens (tertiary/aromatic N) is 3. The van der Waals surface area contributed by atoms with Gasteiger partial charge in [0.25, 0.3) is 0 Å². The number of benzene rings is 1. The van der Waals surface area contributed by atoms with Crippen LogP contribution < -0.4 is 5.73 Å². The second-order valence-electron chi connectivity index (χ2n) is 3.51. The molecule has 2 aromatic rings. The van der Waals surface area contributed by atoms with Crippen LogP contribution in [-0.2, 0) is 6.54 Å². The third-order valence-electron chi connectivity index (χ3n) is 2.43. The molecule has 0 amide bonds. The number of hydrogen-bond donors (Lipinski definition) is 1. The Morgan fingerprint density at radius 3 is 2.73 bits per heavy atom. The lowest BCUT2D eigenvalue weighted by atomic mass is 10.1. The number of aliphatic imine (C=N–C) groups is 1. The van der Waals surface area contributed by atoms with Crippen LogP contribution in [0, 0.1) is 0 Å². The summed E-state index contributed by atoms with van der Waals surface area (Å²) >= 11 is 0. The summed E-state index contributed by atoms with van der Waals surface area (Å²) < 4.78 is 1.82. The Balaban J connectivity index is 2.00. The maximum absolute atomic E-state index is 5.57. The summed E-state index contributed by atoms with van der Waals surface area (Å²) in [4.78, 5) is 4.48. The summed E-state index contributed by atoms with van der Waals surface area (Å²) in [6.45, 7) is 0.705. The van der Waals surface area contributed by atoms with Crippen LogP contribution in [0.3, 0.4) is 0 Å². The normalized spacial score (nSPS) is 13.7. The van der Waals surface area contributed by atoms with Gasteiger partial charge in [0.1, 0.15) is 5.82 Å². The van der Waals surface area contributed by atoms with E-state index in [4.69, 9.17) is 5.73 Å². The van der Waals surface area contributed by atoms with Crippen molar-refractivity contribution in [3.63, 3.8) is 0 Å². The van der Waals surface area contributed by atoms with E-state index in [2.05, 4.69) is 22.2 Å². The van der Waals surface area contributed by atoms with Crippen LogP contribution in [0.5, 0.6) is 0 Å². The van der Waals surface area contributed by atoms with E-state index in [1.165, 1.54) is 0 Å². The largest absolute Gasteiger partial charge is 0.382 e. The highest BCUT2D eigenvalue weighted by Crippen LogP contribution is 2.23. The van der Waals surface area contributed by atoms with E-state index < -0.39 is 0 Å². The van der Waals surface area contributed by atoms with Crippen LogP contribution in [0.25, 0.3) is 0 Å². The molecule has 2 heterocycles. The van der Waals surface area contributed by atoms with Crippen molar-refractivity contribution in [2.24, 2.45) is 4.99 Å². The van der Waals surface area contributed by atoms with Crippen LogP contribution in [0.15, 0.2) is 41.4 Å². The first-order chi connectivity index (χ1) is 7.33. The van der Waals surface area contributed by atoms with Gasteiger partial charge in [-0.3, -0.25) is 0 Å². The van der Waals surface area contributed by atoms with E-state index >= 15 is 0 Å². The Kier molecular flexibility index (Phi) is 1.62. The van der Waals surface area contributed by atoms with Gasteiger partial charge in [0.15, 0.2) is 5.82 Å². The summed E-state index contributed by atoms with van der Waals surface area (Å²) in [6.07, 6.45) is 0. The van der Waals surface area contributed by atoms with E-state index in [9.17, 15) is 0 Å². The van der Waals surface area contributed by atoms with E-state index in [1.54, 1.807) is 6.07 Å². The lowest BCUT2D eigenvalue weighted by molar-refractivity contribution is 0.756. The highest BCUT2D eigenvalue weighted by atomic mass is 15.4. The third-order valence-corrected chi connectivity index (χ3v) is 2.43. The quantitative estimate of drug-likeness (QED) is 0.756. The zero-order valence-electron chi connectivity index (χ0n) is 8.09. The molecule has 0 bridgehead atoms. The minimum Gasteiger partial charge on any atom is -0.382 e. The Hall–Kier alpha value is -2.10. The molecule has 0 atom stereocenters. The summed E-state index contributed by atoms with van der Waals surface area (Å²) in [7, 11) is 0. The second-order valence-corrected chi connectivity index (χ2v) is 3.51. The van der Waals surface area contributed by atoms with Crippen LogP contribution >= 0.6 is 0 Å². The fourth-order valence-electron chi connectivity index (χ4n) is 1.73. The molecule has 1 aromatic heterocycles. The standard InChI is InChI=1S/C11H10N4/c12-10-6-11-13-9(7-15(11)14-10)8-4-2-1-3-5-8/h1-6H,7H2,(H2,12,14). The number of aromatic nitrogens is 2. The van der Waals surface area contributed by atoms with Crippen LogP contribution in [0.4, 0.5) is 11.6 Å². The van der Waals surface area contributed by atoms with Crippen LogP contribution in [0.1, 0.15) is 5.56 Å². The Bertz CT molecular complexity index is 525. The number of anilines is 1. The number of fused-ring (bicyclic) bond motifs is 1. The van der Waals surface area contributed by atoms with Crippen molar-refractivity contribution < 1.29 is 0 Å². The molecule has 0 aliphatic carbocycles. The van der Waals surface area contributed by atoms with Crippen molar-refractivity contribution in [3.8, 4) is 0 Å². The zero-order valence-corrected chi connectivity index (χ0v) is 8.09. The van der Waals surface area contributed by atoms with Crippen molar-refractivity contribution in [2.75, 3.05) is 5.73 Å². The highest BCUT2D eigenvalue weighted by Gasteiger charge is 2.16. The molecule has 0 unspecified atom stereocenters. The molecule has 0 fully saturated rings. The summed E-state index contributed by atoms with van der Waals surface area (Å²) in [6, 6.07) is 11.9. The first-order valence-electron chi connectivity index (χ1n) is 4.79. The van der Waals surface area contributed by atoms with Gasteiger partial charge in [-0.2, -0.15) is 5.10 Å². The molecule has 0 radical (unpaired) electrons. The topological polar surface area (TPSA) is 56.2 Å². The zero-order chi connectivity index (χ0) is 10.3. The SMILES string of the molecule is Nc1cc2n(n1)CC(c1ccccc1)=N2. The van der Waals surface area contributed by atoms with E-state index in [-0.39, 0.29) is 0 Å². The molecule has 0 saturated heterocycles. The Morgan fingerprint density at radius 2 is 2.00 bits per heavy atom. The maximum Gasteiger partial charge on any atom is 0.153 e. The predicted molar refractivity (Wildman–Crippen MR) is 59.3 cm³/mol. The van der Waals surface area contributed by atoms with Crippen LogP contribution in [0.2, 0.25) is 0 Å². The van der Waals surface area contributed by atoms with Gasteiger partial charge in [-0.15, -0.1) is 0 Å². The molecule has 4 heteroatoms. The monoisotopic (exact) mass is 198 g/mol. The summed E-state index contributed by atoms with van der Waals surface area (Å²) in [5, 5.41) is 4.15. The van der Waals surface area contributed by atoms with Gasteiger partial charge in [0.05, 0.1) is 12.3 Å². The van der Waals surface area contributed by atoms with Gasteiger partial charge in [-0.05, 0) is 5.56 Å². The van der Waals surface area contributed by atoms with Crippen molar-refractivity contribution in [2.45, 2.75) is 6.54 Å². The molecule has 3 rings (SSSR count). The molecule has 15 heavy (non-hydrogen) atoms. The van der Waals surface area contributed by atoms with Gasteiger partial charge in [-0.25, -0.2) is 9.67 Å². The number of nitrogens with two attached hydrogens (primary N) is 1. The molecule has 1 aromatic carbocycles. The molecule has 4 nitrogen and oxygen atoms in total. The minimum absolute atomic E-state index is 0.529.